The smallest absolute Gasteiger partial charge is 0.271 e. The molecule has 8 rings (SSSR count). The van der Waals surface area contributed by atoms with Crippen LogP contribution in [-0.4, -0.2) is 28.8 Å². The molecule has 8 nitrogen and oxygen atoms in total. The lowest BCUT2D eigenvalue weighted by Crippen LogP contribution is -2.38. The molecule has 0 saturated heterocycles. The zero-order valence-electron chi connectivity index (χ0n) is 23.9. The van der Waals surface area contributed by atoms with E-state index in [9.17, 15) is 4.79 Å². The highest BCUT2D eigenvalue weighted by atomic mass is 32.2. The van der Waals surface area contributed by atoms with Gasteiger partial charge in [-0.05, 0) is 77.7 Å². The molecule has 1 atom stereocenters. The molecular formula is C34H26N4O4S2. The zero-order valence-corrected chi connectivity index (χ0v) is 25.5. The maximum atomic E-state index is 14.1. The number of furan rings is 1. The average Bonchev–Trinajstić information content (AvgIpc) is 3.76. The van der Waals surface area contributed by atoms with Crippen LogP contribution in [0.4, 0.5) is 0 Å². The molecule has 1 N–H and O–H groups in total. The fourth-order valence-electron chi connectivity index (χ4n) is 6.01. The fourth-order valence-corrected chi connectivity index (χ4v) is 7.76. The highest BCUT2D eigenvalue weighted by Gasteiger charge is 2.33. The third-order valence-electron chi connectivity index (χ3n) is 8.04. The number of aryl methyl sites for hydroxylation is 1. The predicted octanol–water partition coefficient (Wildman–Crippen LogP) is 5.96. The minimum absolute atomic E-state index is 0.109. The van der Waals surface area contributed by atoms with Crippen molar-refractivity contribution >= 4 is 45.9 Å². The molecule has 4 heterocycles. The van der Waals surface area contributed by atoms with E-state index in [0.717, 1.165) is 51.4 Å². The van der Waals surface area contributed by atoms with Gasteiger partial charge in [-0.2, -0.15) is 0 Å². The Morgan fingerprint density at radius 3 is 2.70 bits per heavy atom. The summed E-state index contributed by atoms with van der Waals surface area (Å²) in [4.78, 5) is 27.8. The van der Waals surface area contributed by atoms with Crippen LogP contribution < -0.4 is 24.4 Å². The Hall–Kier alpha value is -4.80. The molecule has 6 aromatic rings. The number of aromatic nitrogens is 3. The molecule has 0 amide bonds. The van der Waals surface area contributed by atoms with Crippen LogP contribution in [0, 0.1) is 0 Å². The van der Waals surface area contributed by atoms with Gasteiger partial charge in [0, 0.05) is 11.6 Å². The first-order valence-electron chi connectivity index (χ1n) is 14.2. The predicted molar refractivity (Wildman–Crippen MR) is 171 cm³/mol. The maximum absolute atomic E-state index is 14.1. The van der Waals surface area contributed by atoms with Crippen LogP contribution in [0.25, 0.3) is 22.8 Å². The quantitative estimate of drug-likeness (QED) is 0.248. The topological polar surface area (TPSA) is 94.6 Å². The van der Waals surface area contributed by atoms with Crippen LogP contribution in [0.15, 0.2) is 109 Å². The normalized spacial score (nSPS) is 16.0. The highest BCUT2D eigenvalue weighted by Crippen LogP contribution is 2.42. The van der Waals surface area contributed by atoms with Crippen molar-refractivity contribution in [1.29, 1.82) is 0 Å². The number of methoxy groups -OCH3 is 2. The number of allylic oxidation sites excluding steroid dienone is 1. The van der Waals surface area contributed by atoms with E-state index in [4.69, 9.17) is 18.9 Å². The molecule has 0 spiro atoms. The third kappa shape index (κ3) is 4.49. The van der Waals surface area contributed by atoms with Gasteiger partial charge in [-0.1, -0.05) is 53.8 Å². The van der Waals surface area contributed by atoms with E-state index in [2.05, 4.69) is 28.2 Å². The molecule has 0 bridgehead atoms. The van der Waals surface area contributed by atoms with Crippen LogP contribution in [0.5, 0.6) is 11.5 Å². The summed E-state index contributed by atoms with van der Waals surface area (Å²) in [6.45, 7) is 0. The number of hydrogen-bond acceptors (Lipinski definition) is 8. The van der Waals surface area contributed by atoms with E-state index < -0.39 is 0 Å². The number of imidazole rings is 1. The van der Waals surface area contributed by atoms with Crippen LogP contribution in [0.1, 0.15) is 34.9 Å². The van der Waals surface area contributed by atoms with E-state index in [1.54, 1.807) is 20.3 Å². The van der Waals surface area contributed by atoms with Crippen molar-refractivity contribution in [2.75, 3.05) is 14.2 Å². The summed E-state index contributed by atoms with van der Waals surface area (Å²) < 4.78 is 19.6. The van der Waals surface area contributed by atoms with Crippen LogP contribution in [0.2, 0.25) is 0 Å². The largest absolute Gasteiger partial charge is 0.493 e. The van der Waals surface area contributed by atoms with Crippen LogP contribution in [-0.2, 0) is 6.42 Å². The second-order valence-electron chi connectivity index (χ2n) is 10.5. The number of para-hydroxylation sites is 2. The second-order valence-corrected chi connectivity index (χ2v) is 12.5. The number of ether oxygens (including phenoxy) is 2. The summed E-state index contributed by atoms with van der Waals surface area (Å²) in [6.07, 6.45) is 3.49. The van der Waals surface area contributed by atoms with Gasteiger partial charge in [0.05, 0.1) is 41.5 Å². The fraction of sp³-hybridized carbons (Fsp3) is 0.147. The lowest BCUT2D eigenvalue weighted by molar-refractivity contribution is 0.354. The molecule has 3 aromatic heterocycles. The number of benzene rings is 3. The summed E-state index contributed by atoms with van der Waals surface area (Å²) in [5.41, 5.74) is 7.16. The molecule has 2 aliphatic rings. The van der Waals surface area contributed by atoms with Gasteiger partial charge in [-0.3, -0.25) is 9.36 Å². The van der Waals surface area contributed by atoms with Crippen molar-refractivity contribution in [3.05, 3.63) is 127 Å². The van der Waals surface area contributed by atoms with Crippen molar-refractivity contribution in [1.82, 2.24) is 14.5 Å². The van der Waals surface area contributed by atoms with E-state index in [-0.39, 0.29) is 11.6 Å². The molecule has 1 aliphatic carbocycles. The first kappa shape index (κ1) is 26.8. The average molecular weight is 619 g/mol. The summed E-state index contributed by atoms with van der Waals surface area (Å²) in [5, 5.41) is 1.42. The van der Waals surface area contributed by atoms with Gasteiger partial charge in [-0.25, -0.2) is 9.98 Å². The Bertz CT molecular complexity index is 2260. The number of aromatic amines is 1. The Balaban J connectivity index is 1.23. The van der Waals surface area contributed by atoms with E-state index >= 15 is 0 Å². The van der Waals surface area contributed by atoms with E-state index in [1.165, 1.54) is 28.7 Å². The van der Waals surface area contributed by atoms with E-state index in [1.807, 2.05) is 65.2 Å². The number of H-pyrrole nitrogens is 1. The summed E-state index contributed by atoms with van der Waals surface area (Å²) in [6, 6.07) is 25.6. The van der Waals surface area contributed by atoms with Crippen LogP contribution >= 0.6 is 23.1 Å². The Kier molecular flexibility index (Phi) is 6.53. The molecule has 0 radical (unpaired) electrons. The third-order valence-corrected chi connectivity index (χ3v) is 9.83. The van der Waals surface area contributed by atoms with Gasteiger partial charge in [0.25, 0.3) is 5.56 Å². The monoisotopic (exact) mass is 618 g/mol. The first-order chi connectivity index (χ1) is 21.6. The summed E-state index contributed by atoms with van der Waals surface area (Å²) in [5.74, 6) is 1.85. The number of fused-ring (bicyclic) bond motifs is 4. The summed E-state index contributed by atoms with van der Waals surface area (Å²) >= 11 is 2.78. The number of rotatable bonds is 6. The minimum atomic E-state index is -0.327. The SMILES string of the molecule is COc1ccc([C@H]2C3=C(N=c4s/c(=C\c5ccc(Sc6nc7ccccc7[nH]6)o5)c(=O)n42)c2ccccc2CC3)cc1OC. The maximum Gasteiger partial charge on any atom is 0.271 e. The van der Waals surface area contributed by atoms with Gasteiger partial charge >= 0.3 is 0 Å². The Morgan fingerprint density at radius 1 is 1.00 bits per heavy atom. The minimum Gasteiger partial charge on any atom is -0.493 e. The van der Waals surface area contributed by atoms with Crippen LogP contribution in [0.3, 0.4) is 0 Å². The van der Waals surface area contributed by atoms with Gasteiger partial charge in [-0.15, -0.1) is 0 Å². The van der Waals surface area contributed by atoms with Gasteiger partial charge in [0.1, 0.15) is 5.76 Å². The number of nitrogens with zero attached hydrogens (tertiary/aromatic N) is 3. The molecule has 44 heavy (non-hydrogen) atoms. The van der Waals surface area contributed by atoms with Crippen molar-refractivity contribution < 1.29 is 13.9 Å². The number of nitrogens with one attached hydrogen (secondary N) is 1. The number of thiazole rings is 1. The first-order valence-corrected chi connectivity index (χ1v) is 15.8. The molecule has 10 heteroatoms. The standard InChI is InChI=1S/C34H26N4O4S2/c1-40-26-15-12-20(17-27(26)41-2)31-23-14-11-19-7-3-4-8-22(19)30(23)37-34-38(31)32(39)28(43-34)18-21-13-16-29(42-21)44-33-35-24-9-5-6-10-25(24)36-33/h3-10,12-13,15-18,31H,11,14H2,1-2H3,(H,35,36)/b28-18-/t31-/m0/s1. The van der Waals surface area contributed by atoms with Crippen molar-refractivity contribution in [2.45, 2.75) is 29.1 Å². The molecule has 0 fully saturated rings. The van der Waals surface area contributed by atoms with Gasteiger partial charge < -0.3 is 18.9 Å². The molecular weight excluding hydrogens is 593 g/mol. The number of hydrogen-bond donors (Lipinski definition) is 1. The summed E-state index contributed by atoms with van der Waals surface area (Å²) in [7, 11) is 3.24. The molecule has 0 saturated carbocycles. The molecule has 1 aliphatic heterocycles. The molecule has 3 aromatic carbocycles. The van der Waals surface area contributed by atoms with Gasteiger partial charge in [0.15, 0.2) is 26.5 Å². The van der Waals surface area contributed by atoms with Crippen molar-refractivity contribution in [3.63, 3.8) is 0 Å². The lowest BCUT2D eigenvalue weighted by Gasteiger charge is -2.31. The highest BCUT2D eigenvalue weighted by molar-refractivity contribution is 7.99. The Labute approximate surface area is 260 Å². The molecule has 0 unspecified atom stereocenters. The lowest BCUT2D eigenvalue weighted by atomic mass is 9.83. The zero-order chi connectivity index (χ0) is 29.8. The van der Waals surface area contributed by atoms with E-state index in [0.29, 0.717) is 31.7 Å². The second kappa shape index (κ2) is 10.7. The van der Waals surface area contributed by atoms with Gasteiger partial charge in [0.2, 0.25) is 0 Å². The molecule has 218 valence electrons. The Morgan fingerprint density at radius 2 is 1.84 bits per heavy atom. The van der Waals surface area contributed by atoms with Crippen molar-refractivity contribution in [3.8, 4) is 11.5 Å². The van der Waals surface area contributed by atoms with Crippen molar-refractivity contribution in [2.24, 2.45) is 4.99 Å².